The van der Waals surface area contributed by atoms with Crippen LogP contribution in [0.1, 0.15) is 5.69 Å². The quantitative estimate of drug-likeness (QED) is 0.504. The van der Waals surface area contributed by atoms with Gasteiger partial charge in [0, 0.05) is 11.3 Å². The molecule has 4 aromatic rings. The first-order chi connectivity index (χ1) is 13.4. The zero-order valence-corrected chi connectivity index (χ0v) is 15.4. The summed E-state index contributed by atoms with van der Waals surface area (Å²) in [7, 11) is 0.702. The molecule has 140 valence electrons. The van der Waals surface area contributed by atoms with E-state index in [1.54, 1.807) is 30.3 Å². The number of aryl methyl sites for hydroxylation is 1. The molecule has 0 amide bonds. The molecule has 2 heterocycles. The van der Waals surface area contributed by atoms with Gasteiger partial charge in [0.05, 0.1) is 11.3 Å². The Balaban J connectivity index is 1.68. The van der Waals surface area contributed by atoms with Crippen molar-refractivity contribution in [3.8, 4) is 39.9 Å². The van der Waals surface area contributed by atoms with Gasteiger partial charge in [0.15, 0.2) is 11.6 Å². The van der Waals surface area contributed by atoms with E-state index in [0.717, 1.165) is 17.0 Å². The number of hydrogen-bond donors (Lipinski definition) is 1. The van der Waals surface area contributed by atoms with Gasteiger partial charge in [0.2, 0.25) is 7.85 Å². The lowest BCUT2D eigenvalue weighted by Crippen LogP contribution is -2.24. The zero-order chi connectivity index (χ0) is 19.7. The Hall–Kier alpha value is -3.35. The third-order valence-corrected chi connectivity index (χ3v) is 4.21. The first-order valence-corrected chi connectivity index (χ1v) is 8.79. The van der Waals surface area contributed by atoms with E-state index in [0.29, 0.717) is 30.8 Å². The van der Waals surface area contributed by atoms with Gasteiger partial charge in [-0.3, -0.25) is 0 Å². The van der Waals surface area contributed by atoms with Crippen molar-refractivity contribution < 1.29 is 17.9 Å². The molecule has 0 saturated heterocycles. The second kappa shape index (κ2) is 7.00. The summed E-state index contributed by atoms with van der Waals surface area (Å²) >= 11 is 0. The Labute approximate surface area is 161 Å². The molecular weight excluding hydrogens is 361 g/mol. The summed E-state index contributed by atoms with van der Waals surface area (Å²) in [6.07, 6.45) is 0. The van der Waals surface area contributed by atoms with E-state index in [4.69, 9.17) is 9.15 Å². The summed E-state index contributed by atoms with van der Waals surface area (Å²) in [6, 6.07) is 16.5. The largest absolute Gasteiger partial charge is 0.453 e. The van der Waals surface area contributed by atoms with E-state index in [1.807, 2.05) is 37.3 Å². The average Bonchev–Trinajstić information content (AvgIpc) is 3.28. The number of aromatic nitrogens is 2. The van der Waals surface area contributed by atoms with Crippen LogP contribution in [0.4, 0.5) is 8.78 Å². The van der Waals surface area contributed by atoms with E-state index < -0.39 is 6.01 Å². The third kappa shape index (κ3) is 3.69. The van der Waals surface area contributed by atoms with Crippen molar-refractivity contribution in [3.63, 3.8) is 0 Å². The van der Waals surface area contributed by atoms with Crippen molar-refractivity contribution in [2.75, 3.05) is 0 Å². The summed E-state index contributed by atoms with van der Waals surface area (Å²) < 4.78 is 37.3. The smallest absolute Gasteiger partial charge is 0.342 e. The highest BCUT2D eigenvalue weighted by Crippen LogP contribution is 2.36. The van der Waals surface area contributed by atoms with Crippen LogP contribution in [0.25, 0.3) is 34.2 Å². The van der Waals surface area contributed by atoms with Crippen molar-refractivity contribution in [3.05, 3.63) is 72.4 Å². The highest BCUT2D eigenvalue weighted by molar-refractivity contribution is 6.12. The minimum Gasteiger partial charge on any atom is -0.453 e. The minimum absolute atomic E-state index is 0.0523. The number of alkyl halides is 2. The van der Waals surface area contributed by atoms with Crippen molar-refractivity contribution in [1.82, 2.24) is 9.97 Å². The van der Waals surface area contributed by atoms with E-state index in [2.05, 4.69) is 9.97 Å². The van der Waals surface area contributed by atoms with Gasteiger partial charge >= 0.3 is 6.01 Å². The Morgan fingerprint density at radius 3 is 2.39 bits per heavy atom. The molecule has 0 spiro atoms. The molecule has 4 nitrogen and oxygen atoms in total. The molecule has 0 unspecified atom stereocenters. The maximum atomic E-state index is 13.3. The lowest BCUT2D eigenvalue weighted by Gasteiger charge is -2.15. The monoisotopic (exact) mass is 378 g/mol. The Morgan fingerprint density at radius 2 is 1.64 bits per heavy atom. The first-order valence-electron chi connectivity index (χ1n) is 8.79. The molecule has 0 atom stereocenters. The molecule has 0 fully saturated rings. The maximum Gasteiger partial charge on any atom is 0.342 e. The standard InChI is InChI=1S/C21H17BF2N2O2/c1-13-19(14-7-3-2-4-8-14)26-20(25-13)18-12-11-16(27-18)15-9-5-6-10-17(15)28-21(22,23)24/h2-12H,22H2,1H3,(H,25,26). The fourth-order valence-electron chi connectivity index (χ4n) is 3.02. The van der Waals surface area contributed by atoms with Crippen LogP contribution in [0, 0.1) is 6.92 Å². The number of imidazole rings is 1. The van der Waals surface area contributed by atoms with Crippen LogP contribution in [-0.2, 0) is 0 Å². The van der Waals surface area contributed by atoms with E-state index >= 15 is 0 Å². The number of hydrogen-bond acceptors (Lipinski definition) is 3. The van der Waals surface area contributed by atoms with Crippen molar-refractivity contribution in [2.24, 2.45) is 0 Å². The SMILES string of the molecule is BC(F)(F)Oc1ccccc1-c1ccc(-c2nc(-c3ccccc3)c(C)[nH]2)o1. The molecule has 0 radical (unpaired) electrons. The lowest BCUT2D eigenvalue weighted by molar-refractivity contribution is -0.0969. The molecule has 0 aliphatic carbocycles. The minimum atomic E-state index is -3.28. The van der Waals surface area contributed by atoms with Gasteiger partial charge in [0.25, 0.3) is 0 Å². The predicted octanol–water partition coefficient (Wildman–Crippen LogP) is 4.87. The van der Waals surface area contributed by atoms with Gasteiger partial charge in [-0.15, -0.1) is 0 Å². The van der Waals surface area contributed by atoms with Crippen LogP contribution in [0.2, 0.25) is 0 Å². The number of para-hydroxylation sites is 1. The molecule has 0 aliphatic rings. The van der Waals surface area contributed by atoms with Gasteiger partial charge in [-0.25, -0.2) is 4.98 Å². The number of nitrogens with zero attached hydrogens (tertiary/aromatic N) is 1. The van der Waals surface area contributed by atoms with Crippen LogP contribution >= 0.6 is 0 Å². The molecular formula is C21H17BF2N2O2. The number of H-pyrrole nitrogens is 1. The fraction of sp³-hybridized carbons (Fsp3) is 0.0952. The molecule has 2 aromatic heterocycles. The van der Waals surface area contributed by atoms with Crippen LogP contribution in [-0.4, -0.2) is 23.8 Å². The fourth-order valence-corrected chi connectivity index (χ4v) is 3.02. The number of benzene rings is 2. The van der Waals surface area contributed by atoms with Gasteiger partial charge in [-0.2, -0.15) is 8.78 Å². The van der Waals surface area contributed by atoms with Crippen molar-refractivity contribution >= 4 is 7.85 Å². The molecule has 4 rings (SSSR count). The molecule has 0 aliphatic heterocycles. The van der Waals surface area contributed by atoms with E-state index in [-0.39, 0.29) is 5.75 Å². The average molecular weight is 378 g/mol. The van der Waals surface area contributed by atoms with Gasteiger partial charge < -0.3 is 14.1 Å². The zero-order valence-electron chi connectivity index (χ0n) is 15.4. The lowest BCUT2D eigenvalue weighted by atomic mass is 10.1. The highest BCUT2D eigenvalue weighted by atomic mass is 19.3. The number of ether oxygens (including phenoxy) is 1. The molecule has 0 bridgehead atoms. The summed E-state index contributed by atoms with van der Waals surface area (Å²) in [5.74, 6) is 1.56. The van der Waals surface area contributed by atoms with E-state index in [9.17, 15) is 8.78 Å². The van der Waals surface area contributed by atoms with Gasteiger partial charge in [-0.1, -0.05) is 42.5 Å². The van der Waals surface area contributed by atoms with E-state index in [1.165, 1.54) is 6.07 Å². The number of aromatic amines is 1. The summed E-state index contributed by atoms with van der Waals surface area (Å²) in [6.45, 7) is 1.94. The Morgan fingerprint density at radius 1 is 0.964 bits per heavy atom. The second-order valence-corrected chi connectivity index (χ2v) is 6.49. The van der Waals surface area contributed by atoms with Crippen LogP contribution in [0.3, 0.4) is 0 Å². The number of nitrogens with one attached hydrogen (secondary N) is 1. The van der Waals surface area contributed by atoms with Crippen LogP contribution in [0.5, 0.6) is 5.75 Å². The maximum absolute atomic E-state index is 13.3. The molecule has 7 heteroatoms. The van der Waals surface area contributed by atoms with Gasteiger partial charge in [-0.05, 0) is 31.2 Å². The normalized spacial score (nSPS) is 11.5. The number of halogens is 2. The summed E-state index contributed by atoms with van der Waals surface area (Å²) in [4.78, 5) is 7.86. The predicted molar refractivity (Wildman–Crippen MR) is 106 cm³/mol. The third-order valence-electron chi connectivity index (χ3n) is 4.21. The summed E-state index contributed by atoms with van der Waals surface area (Å²) in [5, 5.41) is 0. The van der Waals surface area contributed by atoms with Crippen molar-refractivity contribution in [2.45, 2.75) is 12.9 Å². The molecule has 2 aromatic carbocycles. The molecule has 0 saturated carbocycles. The summed E-state index contributed by atoms with van der Waals surface area (Å²) in [5.41, 5.74) is 3.19. The Bertz CT molecular complexity index is 1100. The Kier molecular flexibility index (Phi) is 4.51. The highest BCUT2D eigenvalue weighted by Gasteiger charge is 2.25. The number of rotatable bonds is 5. The topological polar surface area (TPSA) is 51.0 Å². The van der Waals surface area contributed by atoms with Crippen LogP contribution in [0.15, 0.2) is 71.1 Å². The molecule has 28 heavy (non-hydrogen) atoms. The number of furan rings is 1. The van der Waals surface area contributed by atoms with Crippen LogP contribution < -0.4 is 4.74 Å². The van der Waals surface area contributed by atoms with Crippen molar-refractivity contribution in [1.29, 1.82) is 0 Å². The van der Waals surface area contributed by atoms with Gasteiger partial charge in [0.1, 0.15) is 11.5 Å². The second-order valence-electron chi connectivity index (χ2n) is 6.49. The first kappa shape index (κ1) is 18.0. The molecule has 1 N–H and O–H groups in total.